The van der Waals surface area contributed by atoms with E-state index in [2.05, 4.69) is 19.7 Å². The van der Waals surface area contributed by atoms with Crippen LogP contribution in [-0.2, 0) is 9.53 Å². The molecule has 15 heavy (non-hydrogen) atoms. The second-order valence-electron chi connectivity index (χ2n) is 3.10. The van der Waals surface area contributed by atoms with E-state index in [1.54, 1.807) is 25.2 Å². The molecule has 0 saturated carbocycles. The summed E-state index contributed by atoms with van der Waals surface area (Å²) in [6, 6.07) is 0. The zero-order valence-electron chi connectivity index (χ0n) is 9.29. The summed E-state index contributed by atoms with van der Waals surface area (Å²) in [5.74, 6) is -0.298. The zero-order valence-corrected chi connectivity index (χ0v) is 9.29. The molecule has 0 aliphatic carbocycles. The van der Waals surface area contributed by atoms with Crippen LogP contribution in [0.4, 0.5) is 0 Å². The summed E-state index contributed by atoms with van der Waals surface area (Å²) < 4.78 is 4.94. The van der Waals surface area contributed by atoms with E-state index in [1.807, 2.05) is 0 Å². The van der Waals surface area contributed by atoms with Gasteiger partial charge in [0.25, 0.3) is 0 Å². The van der Waals surface area contributed by atoms with Crippen LogP contribution >= 0.6 is 0 Å². The SMILES string of the molecule is C=CCOC(=O)C(C)=C(CC=C)CC=C. The van der Waals surface area contributed by atoms with E-state index >= 15 is 0 Å². The average molecular weight is 206 g/mol. The van der Waals surface area contributed by atoms with Crippen LogP contribution in [0.1, 0.15) is 19.8 Å². The highest BCUT2D eigenvalue weighted by Crippen LogP contribution is 2.15. The molecule has 0 radical (unpaired) electrons. The molecule has 0 aliphatic rings. The molecule has 0 aromatic carbocycles. The van der Waals surface area contributed by atoms with E-state index in [0.29, 0.717) is 18.4 Å². The molecule has 2 heteroatoms. The number of carbonyl (C=O) groups is 1. The van der Waals surface area contributed by atoms with Crippen molar-refractivity contribution < 1.29 is 9.53 Å². The summed E-state index contributed by atoms with van der Waals surface area (Å²) in [7, 11) is 0. The topological polar surface area (TPSA) is 26.3 Å². The molecular weight excluding hydrogens is 188 g/mol. The molecule has 0 aromatic rings. The van der Waals surface area contributed by atoms with Crippen molar-refractivity contribution in [1.29, 1.82) is 0 Å². The van der Waals surface area contributed by atoms with Gasteiger partial charge in [0.1, 0.15) is 6.61 Å². The van der Waals surface area contributed by atoms with Crippen LogP contribution in [0.3, 0.4) is 0 Å². The quantitative estimate of drug-likeness (QED) is 0.363. The Balaban J connectivity index is 4.64. The predicted octanol–water partition coefficient (Wildman–Crippen LogP) is 3.18. The van der Waals surface area contributed by atoms with Gasteiger partial charge in [-0.3, -0.25) is 0 Å². The van der Waals surface area contributed by atoms with Crippen molar-refractivity contribution in [2.24, 2.45) is 0 Å². The minimum Gasteiger partial charge on any atom is -0.458 e. The van der Waals surface area contributed by atoms with Crippen molar-refractivity contribution >= 4 is 5.97 Å². The Kier molecular flexibility index (Phi) is 6.98. The molecule has 0 aliphatic heterocycles. The number of esters is 1. The fourth-order valence-corrected chi connectivity index (χ4v) is 1.13. The van der Waals surface area contributed by atoms with Crippen LogP contribution in [0.2, 0.25) is 0 Å². The average Bonchev–Trinajstić information content (AvgIpc) is 2.24. The molecule has 0 bridgehead atoms. The van der Waals surface area contributed by atoms with Gasteiger partial charge in [-0.05, 0) is 19.8 Å². The van der Waals surface area contributed by atoms with Gasteiger partial charge < -0.3 is 4.74 Å². The number of ether oxygens (including phenoxy) is 1. The Morgan fingerprint density at radius 3 is 2.07 bits per heavy atom. The van der Waals surface area contributed by atoms with Crippen molar-refractivity contribution in [3.8, 4) is 0 Å². The lowest BCUT2D eigenvalue weighted by atomic mass is 10.0. The molecule has 0 heterocycles. The Labute approximate surface area is 91.6 Å². The summed E-state index contributed by atoms with van der Waals surface area (Å²) in [4.78, 5) is 11.5. The summed E-state index contributed by atoms with van der Waals surface area (Å²) in [5, 5.41) is 0. The second kappa shape index (κ2) is 7.80. The van der Waals surface area contributed by atoms with Gasteiger partial charge in [-0.25, -0.2) is 4.79 Å². The second-order valence-corrected chi connectivity index (χ2v) is 3.10. The number of hydrogen-bond donors (Lipinski definition) is 0. The summed E-state index contributed by atoms with van der Waals surface area (Å²) in [6.07, 6.45) is 6.44. The number of allylic oxidation sites excluding steroid dienone is 3. The molecule has 0 rings (SSSR count). The van der Waals surface area contributed by atoms with Crippen LogP contribution in [0.5, 0.6) is 0 Å². The lowest BCUT2D eigenvalue weighted by molar-refractivity contribution is -0.137. The van der Waals surface area contributed by atoms with E-state index in [1.165, 1.54) is 0 Å². The van der Waals surface area contributed by atoms with E-state index in [4.69, 9.17) is 4.74 Å². The Hall–Kier alpha value is -1.57. The van der Waals surface area contributed by atoms with Crippen LogP contribution in [-0.4, -0.2) is 12.6 Å². The minimum atomic E-state index is -0.298. The number of rotatable bonds is 7. The fourth-order valence-electron chi connectivity index (χ4n) is 1.13. The van der Waals surface area contributed by atoms with E-state index < -0.39 is 0 Å². The van der Waals surface area contributed by atoms with Gasteiger partial charge in [0, 0.05) is 5.57 Å². The first-order valence-corrected chi connectivity index (χ1v) is 4.85. The van der Waals surface area contributed by atoms with Gasteiger partial charge in [-0.15, -0.1) is 13.2 Å². The van der Waals surface area contributed by atoms with Gasteiger partial charge in [-0.1, -0.05) is 30.4 Å². The Morgan fingerprint density at radius 2 is 1.67 bits per heavy atom. The Bertz CT molecular complexity index is 273. The van der Waals surface area contributed by atoms with Crippen molar-refractivity contribution in [2.75, 3.05) is 6.61 Å². The van der Waals surface area contributed by atoms with Gasteiger partial charge in [0.15, 0.2) is 0 Å². The fraction of sp³-hybridized carbons (Fsp3) is 0.308. The molecule has 0 atom stereocenters. The van der Waals surface area contributed by atoms with E-state index in [0.717, 1.165) is 5.57 Å². The summed E-state index contributed by atoms with van der Waals surface area (Å²) in [5.41, 5.74) is 1.63. The monoisotopic (exact) mass is 206 g/mol. The minimum absolute atomic E-state index is 0.242. The first-order valence-electron chi connectivity index (χ1n) is 4.85. The molecule has 82 valence electrons. The third kappa shape index (κ3) is 5.01. The molecule has 2 nitrogen and oxygen atoms in total. The summed E-state index contributed by atoms with van der Waals surface area (Å²) in [6.45, 7) is 12.8. The van der Waals surface area contributed by atoms with Gasteiger partial charge in [0.2, 0.25) is 0 Å². The lowest BCUT2D eigenvalue weighted by Gasteiger charge is -2.07. The normalized spacial score (nSPS) is 8.87. The highest BCUT2D eigenvalue weighted by Gasteiger charge is 2.09. The van der Waals surface area contributed by atoms with Crippen molar-refractivity contribution in [3.63, 3.8) is 0 Å². The molecule has 0 N–H and O–H groups in total. The van der Waals surface area contributed by atoms with E-state index in [-0.39, 0.29) is 12.6 Å². The maximum Gasteiger partial charge on any atom is 0.333 e. The van der Waals surface area contributed by atoms with Crippen molar-refractivity contribution in [3.05, 3.63) is 49.1 Å². The zero-order chi connectivity index (χ0) is 11.7. The number of carbonyl (C=O) groups excluding carboxylic acids is 1. The third-order valence-electron chi connectivity index (χ3n) is 1.95. The summed E-state index contributed by atoms with van der Waals surface area (Å²) >= 11 is 0. The largest absolute Gasteiger partial charge is 0.458 e. The lowest BCUT2D eigenvalue weighted by Crippen LogP contribution is -2.08. The van der Waals surface area contributed by atoms with Gasteiger partial charge >= 0.3 is 5.97 Å². The van der Waals surface area contributed by atoms with Crippen LogP contribution in [0.25, 0.3) is 0 Å². The van der Waals surface area contributed by atoms with Crippen molar-refractivity contribution in [1.82, 2.24) is 0 Å². The molecule has 0 saturated heterocycles. The van der Waals surface area contributed by atoms with Gasteiger partial charge in [-0.2, -0.15) is 0 Å². The smallest absolute Gasteiger partial charge is 0.333 e. The molecule has 0 spiro atoms. The maximum atomic E-state index is 11.5. The molecule has 0 fully saturated rings. The molecule has 0 aromatic heterocycles. The number of hydrogen-bond acceptors (Lipinski definition) is 2. The van der Waals surface area contributed by atoms with Crippen LogP contribution < -0.4 is 0 Å². The molecule has 0 unspecified atom stereocenters. The van der Waals surface area contributed by atoms with Gasteiger partial charge in [0.05, 0.1) is 0 Å². The maximum absolute atomic E-state index is 11.5. The third-order valence-corrected chi connectivity index (χ3v) is 1.95. The highest BCUT2D eigenvalue weighted by molar-refractivity contribution is 5.88. The van der Waals surface area contributed by atoms with Crippen LogP contribution in [0.15, 0.2) is 49.1 Å². The predicted molar refractivity (Wildman–Crippen MR) is 63.5 cm³/mol. The standard InChI is InChI=1S/C13H18O2/c1-5-8-12(9-6-2)11(4)13(14)15-10-7-3/h5-7H,1-3,8-10H2,4H3. The molecule has 0 amide bonds. The van der Waals surface area contributed by atoms with Crippen LogP contribution in [0, 0.1) is 0 Å². The first kappa shape index (κ1) is 13.4. The van der Waals surface area contributed by atoms with E-state index in [9.17, 15) is 4.79 Å². The molecular formula is C13H18O2. The van der Waals surface area contributed by atoms with Crippen molar-refractivity contribution in [2.45, 2.75) is 19.8 Å². The highest BCUT2D eigenvalue weighted by atomic mass is 16.5. The Morgan fingerprint density at radius 1 is 1.13 bits per heavy atom. The first-order chi connectivity index (χ1) is 7.17.